The fourth-order valence-electron chi connectivity index (χ4n) is 2.49. The number of rotatable bonds is 8. The topological polar surface area (TPSA) is 93.2 Å². The first-order chi connectivity index (χ1) is 14.4. The predicted octanol–water partition coefficient (Wildman–Crippen LogP) is 4.56. The van der Waals surface area contributed by atoms with Crippen molar-refractivity contribution in [3.05, 3.63) is 46.2 Å². The molecule has 0 radical (unpaired) electrons. The number of ether oxygens (including phenoxy) is 1. The summed E-state index contributed by atoms with van der Waals surface area (Å²) in [5.74, 6) is -3.64. The van der Waals surface area contributed by atoms with Crippen LogP contribution >= 0.6 is 11.6 Å². The van der Waals surface area contributed by atoms with Crippen molar-refractivity contribution < 1.29 is 23.1 Å². The van der Waals surface area contributed by atoms with Gasteiger partial charge in [-0.25, -0.2) is 18.7 Å². The molecule has 2 aromatic rings. The molecule has 2 heterocycles. The molecule has 31 heavy (non-hydrogen) atoms. The molecule has 2 aromatic heterocycles. The second kappa shape index (κ2) is 10.00. The molecule has 0 aliphatic rings. The van der Waals surface area contributed by atoms with Gasteiger partial charge >= 0.3 is 0 Å². The normalized spacial score (nSPS) is 12.4. The largest absolute Gasteiger partial charge is 0.470 e. The first-order valence-corrected chi connectivity index (χ1v) is 10.00. The van der Waals surface area contributed by atoms with Gasteiger partial charge in [0.1, 0.15) is 10.8 Å². The number of carbonyl (C=O) groups excluding carboxylic acids is 2. The average molecular weight is 455 g/mol. The van der Waals surface area contributed by atoms with E-state index in [9.17, 15) is 18.4 Å². The van der Waals surface area contributed by atoms with Gasteiger partial charge in [-0.15, -0.1) is 0 Å². The number of pyridine rings is 2. The van der Waals surface area contributed by atoms with Crippen LogP contribution in [0, 0.1) is 12.8 Å². The van der Waals surface area contributed by atoms with E-state index in [0.29, 0.717) is 18.4 Å². The van der Waals surface area contributed by atoms with Gasteiger partial charge < -0.3 is 15.4 Å². The fraction of sp³-hybridized carbons (Fsp3) is 0.429. The molecule has 7 nitrogen and oxygen atoms in total. The number of nitrogens with zero attached hydrogens (tertiary/aromatic N) is 2. The zero-order chi connectivity index (χ0) is 23.3. The molecule has 0 aliphatic carbocycles. The smallest absolute Gasteiger partial charge is 0.278 e. The molecule has 1 atom stereocenters. The molecule has 2 N–H and O–H groups in total. The summed E-state index contributed by atoms with van der Waals surface area (Å²) < 4.78 is 30.8. The zero-order valence-corrected chi connectivity index (χ0v) is 18.7. The molecular weight excluding hydrogens is 430 g/mol. The van der Waals surface area contributed by atoms with Gasteiger partial charge in [-0.2, -0.15) is 0 Å². The summed E-state index contributed by atoms with van der Waals surface area (Å²) in [7, 11) is 0. The van der Waals surface area contributed by atoms with Gasteiger partial charge in [0.05, 0.1) is 11.6 Å². The number of hydrogen-bond donors (Lipinski definition) is 2. The Bertz CT molecular complexity index is 964. The van der Waals surface area contributed by atoms with Crippen molar-refractivity contribution in [2.24, 2.45) is 5.92 Å². The van der Waals surface area contributed by atoms with Gasteiger partial charge in [0, 0.05) is 24.7 Å². The lowest BCUT2D eigenvalue weighted by Gasteiger charge is -2.17. The molecule has 0 saturated carbocycles. The zero-order valence-electron chi connectivity index (χ0n) is 17.9. The number of carbonyl (C=O) groups is 2. The van der Waals surface area contributed by atoms with Crippen LogP contribution in [0.2, 0.25) is 5.02 Å². The second-order valence-electron chi connectivity index (χ2n) is 7.64. The standard InChI is InChI=1S/C21H25ClF2N4O3/c1-11(2)18(29)28-17-8-14(6-12(3)26-17)13(4)27-19(30)15-7-16(22)20(25-9-15)31-10-21(5,23)24/h6-9,11,13H,10H2,1-5H3,(H,27,30)(H,26,28,29). The first-order valence-electron chi connectivity index (χ1n) is 9.62. The Kier molecular flexibility index (Phi) is 7.89. The quantitative estimate of drug-likeness (QED) is 0.610. The molecule has 0 aromatic carbocycles. The third-order valence-electron chi connectivity index (χ3n) is 4.13. The van der Waals surface area contributed by atoms with Crippen LogP contribution < -0.4 is 15.4 Å². The number of aryl methyl sites for hydroxylation is 1. The van der Waals surface area contributed by atoms with Crippen LogP contribution in [0.3, 0.4) is 0 Å². The number of hydrogen-bond acceptors (Lipinski definition) is 5. The van der Waals surface area contributed by atoms with Crippen molar-refractivity contribution in [2.45, 2.75) is 46.6 Å². The van der Waals surface area contributed by atoms with Gasteiger partial charge in [0.15, 0.2) is 6.61 Å². The van der Waals surface area contributed by atoms with Crippen LogP contribution in [0.25, 0.3) is 0 Å². The Morgan fingerprint density at radius 3 is 2.48 bits per heavy atom. The first kappa shape index (κ1) is 24.5. The number of anilines is 1. The summed E-state index contributed by atoms with van der Waals surface area (Å²) in [5, 5.41) is 5.50. The van der Waals surface area contributed by atoms with E-state index in [1.54, 1.807) is 39.8 Å². The highest BCUT2D eigenvalue weighted by Crippen LogP contribution is 2.25. The summed E-state index contributed by atoms with van der Waals surface area (Å²) >= 11 is 6.01. The highest BCUT2D eigenvalue weighted by atomic mass is 35.5. The monoisotopic (exact) mass is 454 g/mol. The molecule has 0 fully saturated rings. The van der Waals surface area contributed by atoms with Crippen molar-refractivity contribution in [3.8, 4) is 5.88 Å². The second-order valence-corrected chi connectivity index (χ2v) is 8.04. The molecule has 0 aliphatic heterocycles. The van der Waals surface area contributed by atoms with Crippen molar-refractivity contribution in [2.75, 3.05) is 11.9 Å². The Hall–Kier alpha value is -2.81. The van der Waals surface area contributed by atoms with Crippen LogP contribution in [0.15, 0.2) is 24.4 Å². The number of halogens is 3. The Morgan fingerprint density at radius 2 is 1.90 bits per heavy atom. The summed E-state index contributed by atoms with van der Waals surface area (Å²) in [6.45, 7) is 6.95. The fourth-order valence-corrected chi connectivity index (χ4v) is 2.71. The van der Waals surface area contributed by atoms with E-state index in [0.717, 1.165) is 5.56 Å². The third-order valence-corrected chi connectivity index (χ3v) is 4.40. The maximum atomic E-state index is 12.9. The molecular formula is C21H25ClF2N4O3. The Morgan fingerprint density at radius 1 is 1.23 bits per heavy atom. The molecule has 1 unspecified atom stereocenters. The number of alkyl halides is 2. The van der Waals surface area contributed by atoms with Crippen LogP contribution in [-0.4, -0.2) is 34.3 Å². The summed E-state index contributed by atoms with van der Waals surface area (Å²) in [5.41, 5.74) is 1.56. The van der Waals surface area contributed by atoms with Crippen molar-refractivity contribution in [1.82, 2.24) is 15.3 Å². The van der Waals surface area contributed by atoms with E-state index in [4.69, 9.17) is 16.3 Å². The van der Waals surface area contributed by atoms with Gasteiger partial charge in [0.25, 0.3) is 11.8 Å². The molecule has 0 saturated heterocycles. The minimum absolute atomic E-state index is 0.0528. The maximum absolute atomic E-state index is 12.9. The summed E-state index contributed by atoms with van der Waals surface area (Å²) in [4.78, 5) is 32.7. The van der Waals surface area contributed by atoms with Gasteiger partial charge in [-0.1, -0.05) is 25.4 Å². The summed E-state index contributed by atoms with van der Waals surface area (Å²) in [6.07, 6.45) is 1.20. The molecule has 10 heteroatoms. The van der Waals surface area contributed by atoms with E-state index < -0.39 is 24.5 Å². The molecule has 168 valence electrons. The SMILES string of the molecule is Cc1cc(C(C)NC(=O)c2cnc(OCC(C)(F)F)c(Cl)c2)cc(NC(=O)C(C)C)n1. The van der Waals surface area contributed by atoms with Gasteiger partial charge in [0.2, 0.25) is 11.8 Å². The van der Waals surface area contributed by atoms with Gasteiger partial charge in [-0.05, 0) is 37.6 Å². The van der Waals surface area contributed by atoms with E-state index in [1.807, 2.05) is 0 Å². The molecule has 2 rings (SSSR count). The van der Waals surface area contributed by atoms with Crippen molar-refractivity contribution in [1.29, 1.82) is 0 Å². The van der Waals surface area contributed by atoms with Crippen LogP contribution in [-0.2, 0) is 4.79 Å². The van der Waals surface area contributed by atoms with E-state index in [2.05, 4.69) is 20.6 Å². The van der Waals surface area contributed by atoms with E-state index in [-0.39, 0.29) is 28.3 Å². The van der Waals surface area contributed by atoms with Crippen LogP contribution in [0.5, 0.6) is 5.88 Å². The van der Waals surface area contributed by atoms with E-state index in [1.165, 1.54) is 12.3 Å². The minimum atomic E-state index is -3.04. The lowest BCUT2D eigenvalue weighted by Crippen LogP contribution is -2.27. The Balaban J connectivity index is 2.11. The Labute approximate surface area is 184 Å². The van der Waals surface area contributed by atoms with Crippen LogP contribution in [0.1, 0.15) is 55.4 Å². The minimum Gasteiger partial charge on any atom is -0.470 e. The van der Waals surface area contributed by atoms with E-state index >= 15 is 0 Å². The lowest BCUT2D eigenvalue weighted by molar-refractivity contribution is -0.118. The predicted molar refractivity (Wildman–Crippen MR) is 114 cm³/mol. The highest BCUT2D eigenvalue weighted by Gasteiger charge is 2.23. The molecule has 0 spiro atoms. The molecule has 0 bridgehead atoms. The maximum Gasteiger partial charge on any atom is 0.278 e. The van der Waals surface area contributed by atoms with Crippen molar-refractivity contribution in [3.63, 3.8) is 0 Å². The van der Waals surface area contributed by atoms with Crippen LogP contribution in [0.4, 0.5) is 14.6 Å². The lowest BCUT2D eigenvalue weighted by atomic mass is 10.1. The highest BCUT2D eigenvalue weighted by molar-refractivity contribution is 6.32. The number of aromatic nitrogens is 2. The summed E-state index contributed by atoms with van der Waals surface area (Å²) in [6, 6.07) is 4.36. The van der Waals surface area contributed by atoms with Crippen molar-refractivity contribution >= 4 is 29.2 Å². The number of nitrogens with one attached hydrogen (secondary N) is 2. The molecule has 2 amide bonds. The third kappa shape index (κ3) is 7.43. The van der Waals surface area contributed by atoms with Gasteiger partial charge in [-0.3, -0.25) is 9.59 Å². The average Bonchev–Trinajstić information content (AvgIpc) is 2.65. The number of amides is 2.